The lowest BCUT2D eigenvalue weighted by Gasteiger charge is -2.13. The van der Waals surface area contributed by atoms with Gasteiger partial charge in [0.2, 0.25) is 0 Å². The van der Waals surface area contributed by atoms with E-state index in [0.717, 1.165) is 0 Å². The quantitative estimate of drug-likeness (QED) is 0.589. The zero-order valence-electron chi connectivity index (χ0n) is 9.49. The van der Waals surface area contributed by atoms with E-state index >= 15 is 0 Å². The lowest BCUT2D eigenvalue weighted by atomic mass is 10.2. The summed E-state index contributed by atoms with van der Waals surface area (Å²) < 4.78 is 10.7. The zero-order valence-corrected chi connectivity index (χ0v) is 10.3. The molecule has 0 aliphatic carbocycles. The highest BCUT2D eigenvalue weighted by Crippen LogP contribution is 1.96. The van der Waals surface area contributed by atoms with Crippen molar-refractivity contribution in [2.75, 3.05) is 18.6 Å². The number of carboxylic acid groups (broad SMARTS) is 1. The van der Waals surface area contributed by atoms with Crippen LogP contribution in [0.1, 0.15) is 19.8 Å². The molecule has 1 unspecified atom stereocenters. The van der Waals surface area contributed by atoms with Gasteiger partial charge in [-0.05, 0) is 6.42 Å². The second kappa shape index (κ2) is 8.09. The minimum atomic E-state index is -1.05. The molecule has 0 aliphatic rings. The van der Waals surface area contributed by atoms with E-state index in [4.69, 9.17) is 5.11 Å². The van der Waals surface area contributed by atoms with Crippen LogP contribution in [0, 0.1) is 0 Å². The van der Waals surface area contributed by atoms with Gasteiger partial charge in [-0.25, -0.2) is 9.59 Å². The summed E-state index contributed by atoms with van der Waals surface area (Å²) in [5, 5.41) is 13.6. The number of hydrogen-bond acceptors (Lipinski definition) is 3. The third kappa shape index (κ3) is 7.22. The number of aliphatic carboxylic acids is 1. The zero-order chi connectivity index (χ0) is 12.6. The number of carboxylic acids is 1. The number of urea groups is 1. The predicted octanol–water partition coefficient (Wildman–Crippen LogP) is -0.0826. The van der Waals surface area contributed by atoms with Crippen LogP contribution in [0.5, 0.6) is 0 Å². The summed E-state index contributed by atoms with van der Waals surface area (Å²) >= 11 is 0. The van der Waals surface area contributed by atoms with E-state index in [1.165, 1.54) is 6.26 Å². The van der Waals surface area contributed by atoms with E-state index in [0.29, 0.717) is 18.6 Å². The van der Waals surface area contributed by atoms with Crippen LogP contribution < -0.4 is 10.6 Å². The molecule has 6 nitrogen and oxygen atoms in total. The third-order valence-electron chi connectivity index (χ3n) is 1.86. The second-order valence-electron chi connectivity index (χ2n) is 3.36. The Bertz CT molecular complexity index is 270. The lowest BCUT2D eigenvalue weighted by molar-refractivity contribution is -0.139. The molecule has 0 aromatic heterocycles. The molecule has 0 saturated heterocycles. The van der Waals surface area contributed by atoms with Gasteiger partial charge in [-0.15, -0.1) is 0 Å². The third-order valence-corrected chi connectivity index (χ3v) is 2.63. The molecule has 7 heteroatoms. The van der Waals surface area contributed by atoms with Gasteiger partial charge >= 0.3 is 12.0 Å². The largest absolute Gasteiger partial charge is 0.480 e. The van der Waals surface area contributed by atoms with Crippen LogP contribution in [0.3, 0.4) is 0 Å². The first kappa shape index (κ1) is 14.9. The van der Waals surface area contributed by atoms with Crippen molar-refractivity contribution in [1.29, 1.82) is 0 Å². The standard InChI is InChI=1S/C9H18N2O4S/c1-3-4-7(8(12)13)11-9(14)10-5-6-16(2)15/h7H,3-6H2,1-2H3,(H,12,13)(H2,10,11,14)/t7-,16?/m1/s1. The molecule has 16 heavy (non-hydrogen) atoms. The van der Waals surface area contributed by atoms with Gasteiger partial charge in [0.25, 0.3) is 0 Å². The summed E-state index contributed by atoms with van der Waals surface area (Å²) in [4.78, 5) is 21.9. The van der Waals surface area contributed by atoms with Crippen molar-refractivity contribution in [2.45, 2.75) is 25.8 Å². The topological polar surface area (TPSA) is 95.5 Å². The second-order valence-corrected chi connectivity index (χ2v) is 4.91. The summed E-state index contributed by atoms with van der Waals surface area (Å²) in [6, 6.07) is -1.40. The maximum absolute atomic E-state index is 11.2. The fourth-order valence-electron chi connectivity index (χ4n) is 1.06. The Morgan fingerprint density at radius 3 is 2.50 bits per heavy atom. The summed E-state index contributed by atoms with van der Waals surface area (Å²) in [5.74, 6) is -0.685. The molecule has 0 radical (unpaired) electrons. The van der Waals surface area contributed by atoms with Gasteiger partial charge in [-0.3, -0.25) is 4.21 Å². The Balaban J connectivity index is 3.90. The van der Waals surface area contributed by atoms with Crippen LogP contribution in [0.4, 0.5) is 4.79 Å². The number of nitrogens with one attached hydrogen (secondary N) is 2. The first-order chi connectivity index (χ1) is 7.47. The highest BCUT2D eigenvalue weighted by molar-refractivity contribution is 7.84. The normalized spacial score (nSPS) is 13.9. The molecular weight excluding hydrogens is 232 g/mol. The molecule has 2 atom stereocenters. The first-order valence-corrected chi connectivity index (χ1v) is 6.77. The fraction of sp³-hybridized carbons (Fsp3) is 0.778. The maximum atomic E-state index is 11.2. The van der Waals surface area contributed by atoms with E-state index in [1.807, 2.05) is 6.92 Å². The van der Waals surface area contributed by atoms with E-state index in [9.17, 15) is 13.8 Å². The Morgan fingerprint density at radius 1 is 1.44 bits per heavy atom. The summed E-state index contributed by atoms with van der Waals surface area (Å²) in [7, 11) is -0.966. The van der Waals surface area contributed by atoms with Crippen molar-refractivity contribution in [3.8, 4) is 0 Å². The SMILES string of the molecule is CCC[C@@H](NC(=O)NCCS(C)=O)C(=O)O. The van der Waals surface area contributed by atoms with E-state index in [2.05, 4.69) is 10.6 Å². The first-order valence-electron chi connectivity index (χ1n) is 5.04. The van der Waals surface area contributed by atoms with Gasteiger partial charge < -0.3 is 15.7 Å². The Labute approximate surface area is 97.3 Å². The number of hydrogen-bond donors (Lipinski definition) is 3. The predicted molar refractivity (Wildman–Crippen MR) is 61.8 cm³/mol. The summed E-state index contributed by atoms with van der Waals surface area (Å²) in [6.07, 6.45) is 2.61. The number of carbonyl (C=O) groups is 2. The van der Waals surface area contributed by atoms with Crippen molar-refractivity contribution < 1.29 is 18.9 Å². The highest BCUT2D eigenvalue weighted by Gasteiger charge is 2.18. The summed E-state index contributed by atoms with van der Waals surface area (Å²) in [6.45, 7) is 2.11. The molecule has 3 N–H and O–H groups in total. The van der Waals surface area contributed by atoms with Gasteiger partial charge in [-0.1, -0.05) is 13.3 Å². The van der Waals surface area contributed by atoms with Crippen molar-refractivity contribution in [3.05, 3.63) is 0 Å². The van der Waals surface area contributed by atoms with E-state index in [-0.39, 0.29) is 6.54 Å². The molecule has 0 aromatic carbocycles. The van der Waals surface area contributed by atoms with Gasteiger partial charge in [0.05, 0.1) is 0 Å². The lowest BCUT2D eigenvalue weighted by Crippen LogP contribution is -2.46. The maximum Gasteiger partial charge on any atom is 0.326 e. The van der Waals surface area contributed by atoms with Crippen molar-refractivity contribution in [2.24, 2.45) is 0 Å². The average molecular weight is 250 g/mol. The van der Waals surface area contributed by atoms with Crippen LogP contribution >= 0.6 is 0 Å². The average Bonchev–Trinajstić information content (AvgIpc) is 2.16. The molecular formula is C9H18N2O4S. The van der Waals surface area contributed by atoms with Gasteiger partial charge in [-0.2, -0.15) is 0 Å². The Morgan fingerprint density at radius 2 is 2.06 bits per heavy atom. The Kier molecular flexibility index (Phi) is 7.53. The summed E-state index contributed by atoms with van der Waals surface area (Å²) in [5.41, 5.74) is 0. The van der Waals surface area contributed by atoms with Crippen molar-refractivity contribution in [1.82, 2.24) is 10.6 Å². The molecule has 0 aromatic rings. The number of amides is 2. The van der Waals surface area contributed by atoms with Gasteiger partial charge in [0, 0.05) is 29.4 Å². The fourth-order valence-corrected chi connectivity index (χ4v) is 1.45. The molecule has 0 heterocycles. The molecule has 0 aliphatic heterocycles. The van der Waals surface area contributed by atoms with Gasteiger partial charge in [0.15, 0.2) is 0 Å². The van der Waals surface area contributed by atoms with E-state index in [1.54, 1.807) is 0 Å². The van der Waals surface area contributed by atoms with Crippen molar-refractivity contribution in [3.63, 3.8) is 0 Å². The van der Waals surface area contributed by atoms with Crippen LogP contribution in [0.25, 0.3) is 0 Å². The van der Waals surface area contributed by atoms with Crippen molar-refractivity contribution >= 4 is 22.8 Å². The molecule has 2 amide bonds. The van der Waals surface area contributed by atoms with Gasteiger partial charge in [0.1, 0.15) is 6.04 Å². The van der Waals surface area contributed by atoms with Crippen LogP contribution in [0.15, 0.2) is 0 Å². The van der Waals surface area contributed by atoms with Crippen LogP contribution in [-0.4, -0.2) is 45.9 Å². The number of rotatable bonds is 7. The molecule has 0 rings (SSSR count). The monoisotopic (exact) mass is 250 g/mol. The minimum absolute atomic E-state index is 0.271. The molecule has 94 valence electrons. The Hall–Kier alpha value is -1.11. The van der Waals surface area contributed by atoms with Crippen LogP contribution in [-0.2, 0) is 15.6 Å². The molecule has 0 spiro atoms. The van der Waals surface area contributed by atoms with E-state index < -0.39 is 28.8 Å². The molecule has 0 saturated carbocycles. The van der Waals surface area contributed by atoms with Crippen LogP contribution in [0.2, 0.25) is 0 Å². The highest BCUT2D eigenvalue weighted by atomic mass is 32.2. The minimum Gasteiger partial charge on any atom is -0.480 e. The molecule has 0 bridgehead atoms. The molecule has 0 fully saturated rings. The smallest absolute Gasteiger partial charge is 0.326 e. The number of carbonyl (C=O) groups excluding carboxylic acids is 1.